The van der Waals surface area contributed by atoms with Gasteiger partial charge in [0.15, 0.2) is 0 Å². The molecule has 6 heteroatoms. The van der Waals surface area contributed by atoms with E-state index >= 15 is 0 Å². The fraction of sp³-hybridized carbons (Fsp3) is 0.444. The second-order valence-corrected chi connectivity index (χ2v) is 7.43. The second-order valence-electron chi connectivity index (χ2n) is 6.90. The smallest absolute Gasteiger partial charge is 0.137 e. The Morgan fingerprint density at radius 3 is 2.04 bits per heavy atom. The summed E-state index contributed by atoms with van der Waals surface area (Å²) in [5, 5.41) is 22.7. The van der Waals surface area contributed by atoms with E-state index in [4.69, 9.17) is 11.6 Å². The van der Waals surface area contributed by atoms with Crippen LogP contribution in [-0.2, 0) is 17.4 Å². The van der Waals surface area contributed by atoms with Crippen molar-refractivity contribution in [3.63, 3.8) is 0 Å². The molecular formula is C18H20ClN5. The molecule has 1 unspecified atom stereocenters. The van der Waals surface area contributed by atoms with E-state index in [1.807, 2.05) is 45.9 Å². The third-order valence-corrected chi connectivity index (χ3v) is 4.52. The first kappa shape index (κ1) is 18.0. The van der Waals surface area contributed by atoms with Gasteiger partial charge < -0.3 is 0 Å². The first-order valence-corrected chi connectivity index (χ1v) is 8.08. The van der Waals surface area contributed by atoms with Crippen LogP contribution in [0.5, 0.6) is 0 Å². The summed E-state index contributed by atoms with van der Waals surface area (Å²) < 4.78 is 1.66. The maximum atomic E-state index is 9.46. The average molecular weight is 342 g/mol. The summed E-state index contributed by atoms with van der Waals surface area (Å²) in [5.41, 5.74) is 1.24. The maximum Gasteiger partial charge on any atom is 0.137 e. The van der Waals surface area contributed by atoms with E-state index in [9.17, 15) is 10.5 Å². The van der Waals surface area contributed by atoms with E-state index in [1.54, 1.807) is 11.0 Å². The van der Waals surface area contributed by atoms with Gasteiger partial charge in [-0.25, -0.2) is 4.98 Å². The molecule has 0 saturated carbocycles. The number of alkyl halides is 1. The predicted molar refractivity (Wildman–Crippen MR) is 92.3 cm³/mol. The minimum Gasteiger partial charge on any atom is -0.251 e. The molecule has 0 spiro atoms. The van der Waals surface area contributed by atoms with Gasteiger partial charge in [-0.3, -0.25) is 4.68 Å². The van der Waals surface area contributed by atoms with E-state index in [0.717, 1.165) is 16.7 Å². The van der Waals surface area contributed by atoms with E-state index in [-0.39, 0.29) is 5.38 Å². The number of aromatic nitrogens is 3. The number of nitrogens with zero attached hydrogens (tertiary/aromatic N) is 5. The molecule has 0 aliphatic rings. The molecule has 0 aliphatic heterocycles. The van der Waals surface area contributed by atoms with Crippen molar-refractivity contribution < 1.29 is 0 Å². The van der Waals surface area contributed by atoms with Crippen LogP contribution in [0.2, 0.25) is 0 Å². The van der Waals surface area contributed by atoms with Crippen molar-refractivity contribution in [2.45, 2.75) is 50.4 Å². The molecule has 1 aromatic heterocycles. The van der Waals surface area contributed by atoms with Gasteiger partial charge in [-0.1, -0.05) is 18.2 Å². The molecule has 1 aromatic carbocycles. The van der Waals surface area contributed by atoms with E-state index in [1.165, 1.54) is 6.33 Å². The van der Waals surface area contributed by atoms with Crippen LogP contribution in [0.4, 0.5) is 0 Å². The topological polar surface area (TPSA) is 78.3 Å². The van der Waals surface area contributed by atoms with E-state index in [2.05, 4.69) is 22.2 Å². The Morgan fingerprint density at radius 1 is 1.08 bits per heavy atom. The van der Waals surface area contributed by atoms with Crippen LogP contribution in [0.1, 0.15) is 49.8 Å². The fourth-order valence-corrected chi connectivity index (χ4v) is 2.55. The molecule has 5 nitrogen and oxygen atoms in total. The Balaban J connectivity index is 2.51. The van der Waals surface area contributed by atoms with Gasteiger partial charge in [0.1, 0.15) is 12.7 Å². The summed E-state index contributed by atoms with van der Waals surface area (Å²) >= 11 is 6.57. The summed E-state index contributed by atoms with van der Waals surface area (Å²) in [4.78, 5) is 3.92. The molecule has 124 valence electrons. The highest BCUT2D eigenvalue weighted by Gasteiger charge is 2.27. The van der Waals surface area contributed by atoms with Crippen LogP contribution in [0.3, 0.4) is 0 Å². The van der Waals surface area contributed by atoms with Crippen LogP contribution in [0.15, 0.2) is 30.9 Å². The van der Waals surface area contributed by atoms with Crippen molar-refractivity contribution in [3.05, 3.63) is 47.5 Å². The molecule has 0 fully saturated rings. The summed E-state index contributed by atoms with van der Waals surface area (Å²) in [6.07, 6.45) is 3.07. The Labute approximate surface area is 147 Å². The first-order valence-electron chi connectivity index (χ1n) is 7.64. The SMILES string of the molecule is CC(C)(C#N)c1cc(C(Cl)Cn2cncn2)cc(C(C)(C)C#N)c1. The molecule has 2 aromatic rings. The zero-order chi connectivity index (χ0) is 18.0. The lowest BCUT2D eigenvalue weighted by Gasteiger charge is -2.24. The average Bonchev–Trinajstić information content (AvgIpc) is 3.07. The molecule has 0 bridgehead atoms. The highest BCUT2D eigenvalue weighted by molar-refractivity contribution is 6.20. The van der Waals surface area contributed by atoms with Crippen molar-refractivity contribution >= 4 is 11.6 Å². The number of rotatable bonds is 5. The third-order valence-electron chi connectivity index (χ3n) is 4.13. The molecule has 0 saturated heterocycles. The van der Waals surface area contributed by atoms with E-state index in [0.29, 0.717) is 6.54 Å². The van der Waals surface area contributed by atoms with Crippen LogP contribution in [0.25, 0.3) is 0 Å². The summed E-state index contributed by atoms with van der Waals surface area (Å²) in [6, 6.07) is 10.4. The molecule has 0 aliphatic carbocycles. The Hall–Kier alpha value is -2.37. The molecule has 2 rings (SSSR count). The van der Waals surface area contributed by atoms with Crippen LogP contribution in [0, 0.1) is 22.7 Å². The monoisotopic (exact) mass is 341 g/mol. The highest BCUT2D eigenvalue weighted by Crippen LogP contribution is 2.34. The van der Waals surface area contributed by atoms with Gasteiger partial charge in [0.05, 0.1) is 34.9 Å². The number of hydrogen-bond donors (Lipinski definition) is 0. The Bertz CT molecular complexity index is 750. The van der Waals surface area contributed by atoms with Crippen molar-refractivity contribution in [2.75, 3.05) is 0 Å². The molecule has 24 heavy (non-hydrogen) atoms. The Kier molecular flexibility index (Phi) is 4.96. The highest BCUT2D eigenvalue weighted by atomic mass is 35.5. The molecule has 0 N–H and O–H groups in total. The van der Waals surface area contributed by atoms with Gasteiger partial charge >= 0.3 is 0 Å². The van der Waals surface area contributed by atoms with Crippen LogP contribution < -0.4 is 0 Å². The minimum atomic E-state index is -0.667. The predicted octanol–water partition coefficient (Wildman–Crippen LogP) is 3.86. The first-order chi connectivity index (χ1) is 11.2. The van der Waals surface area contributed by atoms with E-state index < -0.39 is 10.8 Å². The maximum absolute atomic E-state index is 9.46. The molecule has 0 radical (unpaired) electrons. The zero-order valence-electron chi connectivity index (χ0n) is 14.3. The molecular weight excluding hydrogens is 322 g/mol. The lowest BCUT2D eigenvalue weighted by atomic mass is 9.78. The van der Waals surface area contributed by atoms with Crippen molar-refractivity contribution in [1.29, 1.82) is 10.5 Å². The molecule has 0 amide bonds. The lowest BCUT2D eigenvalue weighted by molar-refractivity contribution is 0.595. The number of benzene rings is 1. The second kappa shape index (κ2) is 6.63. The van der Waals surface area contributed by atoms with Gasteiger partial charge in [0.2, 0.25) is 0 Å². The summed E-state index contributed by atoms with van der Waals surface area (Å²) in [6.45, 7) is 7.89. The quantitative estimate of drug-likeness (QED) is 0.773. The van der Waals surface area contributed by atoms with Gasteiger partial charge in [-0.2, -0.15) is 15.6 Å². The molecule has 1 atom stereocenters. The van der Waals surface area contributed by atoms with Gasteiger partial charge in [0, 0.05) is 0 Å². The number of nitriles is 2. The van der Waals surface area contributed by atoms with Crippen molar-refractivity contribution in [3.8, 4) is 12.1 Å². The molecule has 1 heterocycles. The summed E-state index contributed by atoms with van der Waals surface area (Å²) in [5.74, 6) is 0. The van der Waals surface area contributed by atoms with Crippen LogP contribution >= 0.6 is 11.6 Å². The lowest BCUT2D eigenvalue weighted by Crippen LogP contribution is -2.20. The minimum absolute atomic E-state index is 0.339. The van der Waals surface area contributed by atoms with Gasteiger partial charge in [-0.15, -0.1) is 11.6 Å². The van der Waals surface area contributed by atoms with Crippen molar-refractivity contribution in [2.24, 2.45) is 0 Å². The van der Waals surface area contributed by atoms with Gasteiger partial charge in [0.25, 0.3) is 0 Å². The normalized spacial score (nSPS) is 13.1. The number of halogens is 1. The largest absolute Gasteiger partial charge is 0.251 e. The Morgan fingerprint density at radius 2 is 1.62 bits per heavy atom. The third kappa shape index (κ3) is 3.75. The van der Waals surface area contributed by atoms with Crippen molar-refractivity contribution in [1.82, 2.24) is 14.8 Å². The standard InChI is InChI=1S/C18H20ClN5/c1-17(2,9-20)14-5-13(6-15(7-14)18(3,4)10-21)16(19)8-24-12-22-11-23-24/h5-7,11-12,16H,8H2,1-4H3. The zero-order valence-corrected chi connectivity index (χ0v) is 15.0. The van der Waals surface area contributed by atoms with Crippen LogP contribution in [-0.4, -0.2) is 14.8 Å². The summed E-state index contributed by atoms with van der Waals surface area (Å²) in [7, 11) is 0. The van der Waals surface area contributed by atoms with Gasteiger partial charge in [-0.05, 0) is 44.4 Å². The fourth-order valence-electron chi connectivity index (χ4n) is 2.28. The number of hydrogen-bond acceptors (Lipinski definition) is 4.